The maximum absolute atomic E-state index is 5.92. The van der Waals surface area contributed by atoms with E-state index in [4.69, 9.17) is 11.6 Å². The minimum atomic E-state index is 0.795. The predicted octanol–water partition coefficient (Wildman–Crippen LogP) is 4.02. The zero-order valence-corrected chi connectivity index (χ0v) is 10.2. The van der Waals surface area contributed by atoms with Crippen molar-refractivity contribution in [1.82, 2.24) is 9.38 Å². The summed E-state index contributed by atoms with van der Waals surface area (Å²) in [5, 5.41) is 2.03. The molecule has 3 heterocycles. The van der Waals surface area contributed by atoms with Crippen LogP contribution in [0.25, 0.3) is 16.9 Å². The Morgan fingerprint density at radius 3 is 2.94 bits per heavy atom. The summed E-state index contributed by atoms with van der Waals surface area (Å²) in [6, 6.07) is 8.04. The van der Waals surface area contributed by atoms with Gasteiger partial charge in [-0.2, -0.15) is 0 Å². The minimum Gasteiger partial charge on any atom is -0.304 e. The third-order valence-electron chi connectivity index (χ3n) is 2.56. The summed E-state index contributed by atoms with van der Waals surface area (Å²) in [6.07, 6.45) is 2.04. The standard InChI is InChI=1S/C12H9ClN2S/c1-8-3-2-4-12-14-10(6-15(8)12)9-5-11(13)16-7-9/h2-7H,1H3. The van der Waals surface area contributed by atoms with Crippen LogP contribution < -0.4 is 0 Å². The van der Waals surface area contributed by atoms with E-state index in [1.54, 1.807) is 0 Å². The van der Waals surface area contributed by atoms with Crippen LogP contribution >= 0.6 is 22.9 Å². The Kier molecular flexibility index (Phi) is 2.23. The largest absolute Gasteiger partial charge is 0.304 e. The van der Waals surface area contributed by atoms with E-state index < -0.39 is 0 Å². The Hall–Kier alpha value is -1.32. The highest BCUT2D eigenvalue weighted by Crippen LogP contribution is 2.28. The fourth-order valence-electron chi connectivity index (χ4n) is 1.73. The fraction of sp³-hybridized carbons (Fsp3) is 0.0833. The quantitative estimate of drug-likeness (QED) is 0.636. The van der Waals surface area contributed by atoms with Crippen LogP contribution in [-0.2, 0) is 0 Å². The minimum absolute atomic E-state index is 0.795. The number of thiophene rings is 1. The van der Waals surface area contributed by atoms with Gasteiger partial charge in [-0.15, -0.1) is 11.3 Å². The SMILES string of the molecule is Cc1cccc2nc(-c3csc(Cl)c3)cn12. The van der Waals surface area contributed by atoms with Gasteiger partial charge in [0.15, 0.2) is 0 Å². The van der Waals surface area contributed by atoms with Crippen LogP contribution in [-0.4, -0.2) is 9.38 Å². The third-order valence-corrected chi connectivity index (χ3v) is 3.65. The summed E-state index contributed by atoms with van der Waals surface area (Å²) in [4.78, 5) is 4.57. The molecule has 3 rings (SSSR count). The van der Waals surface area contributed by atoms with E-state index in [2.05, 4.69) is 22.4 Å². The molecule has 0 N–H and O–H groups in total. The van der Waals surface area contributed by atoms with E-state index in [9.17, 15) is 0 Å². The molecule has 0 fully saturated rings. The second-order valence-electron chi connectivity index (χ2n) is 3.66. The van der Waals surface area contributed by atoms with Gasteiger partial charge in [-0.1, -0.05) is 17.7 Å². The van der Waals surface area contributed by atoms with Gasteiger partial charge in [0, 0.05) is 22.8 Å². The van der Waals surface area contributed by atoms with Gasteiger partial charge in [0.1, 0.15) is 5.65 Å². The average Bonchev–Trinajstić information content (AvgIpc) is 2.84. The Labute approximate surface area is 102 Å². The summed E-state index contributed by atoms with van der Waals surface area (Å²) >= 11 is 7.45. The summed E-state index contributed by atoms with van der Waals surface area (Å²) < 4.78 is 2.88. The van der Waals surface area contributed by atoms with Gasteiger partial charge >= 0.3 is 0 Å². The number of pyridine rings is 1. The molecule has 0 bridgehead atoms. The van der Waals surface area contributed by atoms with Crippen LogP contribution in [0.5, 0.6) is 0 Å². The first-order valence-electron chi connectivity index (χ1n) is 4.93. The highest BCUT2D eigenvalue weighted by atomic mass is 35.5. The summed E-state index contributed by atoms with van der Waals surface area (Å²) in [5.74, 6) is 0. The van der Waals surface area contributed by atoms with Crippen LogP contribution in [0.2, 0.25) is 4.34 Å². The van der Waals surface area contributed by atoms with Crippen molar-refractivity contribution in [2.45, 2.75) is 6.92 Å². The molecule has 80 valence electrons. The zero-order chi connectivity index (χ0) is 11.1. The molecule has 0 atom stereocenters. The van der Waals surface area contributed by atoms with Crippen molar-refractivity contribution in [1.29, 1.82) is 0 Å². The van der Waals surface area contributed by atoms with Crippen LogP contribution in [0.3, 0.4) is 0 Å². The molecule has 4 heteroatoms. The molecule has 0 amide bonds. The van der Waals surface area contributed by atoms with Gasteiger partial charge in [-0.3, -0.25) is 0 Å². The number of aromatic nitrogens is 2. The van der Waals surface area contributed by atoms with Crippen molar-refractivity contribution >= 4 is 28.6 Å². The van der Waals surface area contributed by atoms with Crippen molar-refractivity contribution < 1.29 is 0 Å². The second kappa shape index (κ2) is 3.61. The molecule has 0 unspecified atom stereocenters. The van der Waals surface area contributed by atoms with Crippen molar-refractivity contribution in [2.24, 2.45) is 0 Å². The summed E-state index contributed by atoms with van der Waals surface area (Å²) in [7, 11) is 0. The molecule has 0 aliphatic heterocycles. The molecule has 2 nitrogen and oxygen atoms in total. The zero-order valence-electron chi connectivity index (χ0n) is 8.64. The van der Waals surface area contributed by atoms with Gasteiger partial charge in [-0.25, -0.2) is 4.98 Å². The summed E-state index contributed by atoms with van der Waals surface area (Å²) in [6.45, 7) is 2.07. The monoisotopic (exact) mass is 248 g/mol. The molecule has 0 spiro atoms. The lowest BCUT2D eigenvalue weighted by molar-refractivity contribution is 1.09. The van der Waals surface area contributed by atoms with Gasteiger partial charge in [0.25, 0.3) is 0 Å². The van der Waals surface area contributed by atoms with Gasteiger partial charge in [-0.05, 0) is 25.1 Å². The molecule has 0 aliphatic rings. The molecule has 3 aromatic heterocycles. The number of hydrogen-bond acceptors (Lipinski definition) is 2. The first kappa shape index (κ1) is 9.87. The molecule has 0 saturated carbocycles. The molecule has 3 aromatic rings. The Bertz CT molecular complexity index is 654. The van der Waals surface area contributed by atoms with Crippen molar-refractivity contribution in [3.8, 4) is 11.3 Å². The van der Waals surface area contributed by atoms with Crippen molar-refractivity contribution in [3.05, 3.63) is 45.9 Å². The number of imidazole rings is 1. The third kappa shape index (κ3) is 1.52. The maximum Gasteiger partial charge on any atom is 0.137 e. The fourth-order valence-corrected chi connectivity index (χ4v) is 2.61. The first-order valence-corrected chi connectivity index (χ1v) is 6.19. The van der Waals surface area contributed by atoms with Gasteiger partial charge in [0.05, 0.1) is 10.0 Å². The smallest absolute Gasteiger partial charge is 0.137 e. The number of hydrogen-bond donors (Lipinski definition) is 0. The van der Waals surface area contributed by atoms with Crippen LogP contribution in [0.4, 0.5) is 0 Å². The first-order chi connectivity index (χ1) is 7.74. The van der Waals surface area contributed by atoms with E-state index in [1.165, 1.54) is 17.0 Å². The molecule has 16 heavy (non-hydrogen) atoms. The van der Waals surface area contributed by atoms with Gasteiger partial charge in [0.2, 0.25) is 0 Å². The van der Waals surface area contributed by atoms with Crippen molar-refractivity contribution in [2.75, 3.05) is 0 Å². The molecule has 0 aliphatic carbocycles. The normalized spacial score (nSPS) is 11.1. The lowest BCUT2D eigenvalue weighted by atomic mass is 10.3. The van der Waals surface area contributed by atoms with E-state index in [0.29, 0.717) is 0 Å². The molecule has 0 saturated heterocycles. The predicted molar refractivity (Wildman–Crippen MR) is 68.3 cm³/mol. The molecule has 0 radical (unpaired) electrons. The van der Waals surface area contributed by atoms with E-state index >= 15 is 0 Å². The Balaban J connectivity index is 2.22. The number of nitrogens with zero attached hydrogens (tertiary/aromatic N) is 2. The van der Waals surface area contributed by atoms with Crippen molar-refractivity contribution in [3.63, 3.8) is 0 Å². The van der Waals surface area contributed by atoms with Crippen LogP contribution in [0.15, 0.2) is 35.8 Å². The topological polar surface area (TPSA) is 17.3 Å². The maximum atomic E-state index is 5.92. The number of fused-ring (bicyclic) bond motifs is 1. The van der Waals surface area contributed by atoms with Gasteiger partial charge < -0.3 is 4.40 Å². The Morgan fingerprint density at radius 1 is 1.38 bits per heavy atom. The Morgan fingerprint density at radius 2 is 2.25 bits per heavy atom. The highest BCUT2D eigenvalue weighted by molar-refractivity contribution is 7.14. The van der Waals surface area contributed by atoms with Crippen LogP contribution in [0.1, 0.15) is 5.69 Å². The molecular weight excluding hydrogens is 240 g/mol. The lowest BCUT2D eigenvalue weighted by Gasteiger charge is -1.95. The number of halogens is 1. The second-order valence-corrected chi connectivity index (χ2v) is 5.20. The molecule has 0 aromatic carbocycles. The van der Waals surface area contributed by atoms with Crippen LogP contribution in [0, 0.1) is 6.92 Å². The summed E-state index contributed by atoms with van der Waals surface area (Å²) in [5.41, 5.74) is 4.20. The van der Waals surface area contributed by atoms with E-state index in [0.717, 1.165) is 21.2 Å². The lowest BCUT2D eigenvalue weighted by Crippen LogP contribution is -1.86. The van der Waals surface area contributed by atoms with E-state index in [1.807, 2.05) is 29.8 Å². The highest BCUT2D eigenvalue weighted by Gasteiger charge is 2.06. The van der Waals surface area contributed by atoms with E-state index in [-0.39, 0.29) is 0 Å². The average molecular weight is 249 g/mol. The number of aryl methyl sites for hydroxylation is 1. The number of rotatable bonds is 1. The molecular formula is C12H9ClN2S.